The van der Waals surface area contributed by atoms with Crippen LogP contribution in [0, 0.1) is 19.7 Å². The number of nitrogens with one attached hydrogen (secondary N) is 2. The van der Waals surface area contributed by atoms with E-state index in [0.717, 1.165) is 11.3 Å². The van der Waals surface area contributed by atoms with Crippen LogP contribution in [0.1, 0.15) is 44.8 Å². The van der Waals surface area contributed by atoms with Crippen molar-refractivity contribution in [3.63, 3.8) is 0 Å². The van der Waals surface area contributed by atoms with Gasteiger partial charge in [0, 0.05) is 17.3 Å². The zero-order valence-corrected chi connectivity index (χ0v) is 23.0. The third kappa shape index (κ3) is 7.90. The molecule has 0 fully saturated rings. The second kappa shape index (κ2) is 13.6. The van der Waals surface area contributed by atoms with Crippen LogP contribution in [-0.2, 0) is 4.74 Å². The van der Waals surface area contributed by atoms with Gasteiger partial charge < -0.3 is 36.2 Å². The van der Waals surface area contributed by atoms with E-state index in [9.17, 15) is 9.59 Å². The second-order valence-electron chi connectivity index (χ2n) is 7.59. The van der Waals surface area contributed by atoms with E-state index in [4.69, 9.17) is 9.84 Å². The van der Waals surface area contributed by atoms with E-state index in [2.05, 4.69) is 21.8 Å². The van der Waals surface area contributed by atoms with Crippen LogP contribution in [0.15, 0.2) is 53.7 Å². The third-order valence-electron chi connectivity index (χ3n) is 4.93. The Morgan fingerprint density at radius 2 is 2.06 bits per heavy atom. The predicted octanol–water partition coefficient (Wildman–Crippen LogP) is -0.345. The molecular formula is C25H27KN4O4. The van der Waals surface area contributed by atoms with Gasteiger partial charge in [-0.2, -0.15) is 0 Å². The van der Waals surface area contributed by atoms with Gasteiger partial charge in [-0.1, -0.05) is 12.1 Å². The molecule has 8 nitrogen and oxygen atoms in total. The van der Waals surface area contributed by atoms with Gasteiger partial charge in [0.2, 0.25) is 0 Å². The first-order chi connectivity index (χ1) is 15.9. The van der Waals surface area contributed by atoms with E-state index in [-0.39, 0.29) is 76.5 Å². The molecule has 3 rings (SSSR count). The quantitative estimate of drug-likeness (QED) is 0.148. The fourth-order valence-electron chi connectivity index (χ4n) is 3.16. The standard InChI is InChI=1S/C25H27N4O4.K/c1-17-13-20(7-8-23(17)25(32)33-12-11-30)24(31)28-21-6-4-5-19(14-21)18(2)26-9-10-27-22-15-29(3)16-22;/h4-8,10,13-16,18,26,30H,11-12H2,1-3H3,(H,28,31);/q-1;+1. The van der Waals surface area contributed by atoms with Gasteiger partial charge in [0.05, 0.1) is 30.6 Å². The molecule has 2 aromatic carbocycles. The summed E-state index contributed by atoms with van der Waals surface area (Å²) in [6.45, 7) is 5.32. The number of hydrogen-bond acceptors (Lipinski definition) is 6. The zero-order chi connectivity index (χ0) is 23.8. The van der Waals surface area contributed by atoms with Gasteiger partial charge >= 0.3 is 57.4 Å². The molecule has 0 aromatic heterocycles. The van der Waals surface area contributed by atoms with E-state index in [1.807, 2.05) is 55.6 Å². The van der Waals surface area contributed by atoms with Crippen molar-refractivity contribution >= 4 is 29.5 Å². The first-order valence-corrected chi connectivity index (χ1v) is 10.5. The van der Waals surface area contributed by atoms with E-state index in [0.29, 0.717) is 22.4 Å². The summed E-state index contributed by atoms with van der Waals surface area (Å²) in [5.41, 5.74) is 3.91. The molecular weight excluding hydrogens is 459 g/mol. The average molecular weight is 487 g/mol. The number of carbonyl (C=O) groups is 2. The Morgan fingerprint density at radius 1 is 1.29 bits per heavy atom. The smallest absolute Gasteiger partial charge is 0.560 e. The largest absolute Gasteiger partial charge is 1.00 e. The summed E-state index contributed by atoms with van der Waals surface area (Å²) in [7, 11) is 1.94. The minimum Gasteiger partial charge on any atom is -0.560 e. The summed E-state index contributed by atoms with van der Waals surface area (Å²) in [6, 6.07) is 12.2. The number of ether oxygens (including phenoxy) is 1. The predicted molar refractivity (Wildman–Crippen MR) is 126 cm³/mol. The Kier molecular flexibility index (Phi) is 11.2. The maximum absolute atomic E-state index is 12.7. The van der Waals surface area contributed by atoms with Crippen LogP contribution in [0.25, 0.3) is 0 Å². The van der Waals surface area contributed by atoms with Crippen LogP contribution >= 0.6 is 0 Å². The molecule has 0 saturated carbocycles. The van der Waals surface area contributed by atoms with E-state index in [1.54, 1.807) is 31.3 Å². The van der Waals surface area contributed by atoms with Crippen molar-refractivity contribution in [2.45, 2.75) is 19.9 Å². The molecule has 172 valence electrons. The second-order valence-corrected chi connectivity index (χ2v) is 7.59. The number of rotatable bonds is 9. The first kappa shape index (κ1) is 28.0. The Bertz CT molecular complexity index is 1130. The van der Waals surface area contributed by atoms with E-state index < -0.39 is 5.97 Å². The van der Waals surface area contributed by atoms with Crippen molar-refractivity contribution in [2.24, 2.45) is 4.99 Å². The number of aryl methyl sites for hydroxylation is 1. The van der Waals surface area contributed by atoms with Crippen molar-refractivity contribution in [3.8, 4) is 0 Å². The van der Waals surface area contributed by atoms with Gasteiger partial charge in [0.15, 0.2) is 0 Å². The maximum atomic E-state index is 12.7. The Balaban J connectivity index is 0.00000408. The molecule has 0 bridgehead atoms. The van der Waals surface area contributed by atoms with Gasteiger partial charge in [-0.05, 0) is 55.3 Å². The third-order valence-corrected chi connectivity index (χ3v) is 4.93. The van der Waals surface area contributed by atoms with Gasteiger partial charge in [0.1, 0.15) is 13.7 Å². The zero-order valence-electron chi connectivity index (χ0n) is 19.8. The minimum absolute atomic E-state index is 0. The normalized spacial score (nSPS) is 14.4. The van der Waals surface area contributed by atoms with Crippen molar-refractivity contribution in [2.75, 3.05) is 25.6 Å². The molecule has 9 heteroatoms. The Labute approximate surface area is 242 Å². The number of amides is 1. The van der Waals surface area contributed by atoms with Crippen LogP contribution in [0.4, 0.5) is 5.69 Å². The number of esters is 1. The Hall–Kier alpha value is -2.27. The SMILES string of the molecule is Cc1cc(C(=O)Nc2cccc(C(C)N[C-]=CN=C3C=[N+](C)[CH-]3)c2)ccc1C(=O)OCCO.[K+]. The molecule has 0 saturated heterocycles. The monoisotopic (exact) mass is 486 g/mol. The molecule has 34 heavy (non-hydrogen) atoms. The number of nitrogens with zero attached hydrogens (tertiary/aromatic N) is 2. The number of aliphatic hydroxyl groups excluding tert-OH is 1. The van der Waals surface area contributed by atoms with Crippen LogP contribution in [0.3, 0.4) is 0 Å². The van der Waals surface area contributed by atoms with Crippen LogP contribution < -0.4 is 62.0 Å². The number of carbonyl (C=O) groups excluding carboxylic acids is 2. The van der Waals surface area contributed by atoms with Crippen LogP contribution in [0.5, 0.6) is 0 Å². The summed E-state index contributed by atoms with van der Waals surface area (Å²) in [5.74, 6) is -0.817. The molecule has 1 amide bonds. The molecule has 1 heterocycles. The number of benzene rings is 2. The molecule has 1 unspecified atom stereocenters. The summed E-state index contributed by atoms with van der Waals surface area (Å²) < 4.78 is 6.86. The van der Waals surface area contributed by atoms with E-state index in [1.165, 1.54) is 0 Å². The number of anilines is 1. The molecule has 3 N–H and O–H groups in total. The first-order valence-electron chi connectivity index (χ1n) is 10.5. The molecule has 0 spiro atoms. The minimum atomic E-state index is -0.531. The topological polar surface area (TPSA) is 103 Å². The molecule has 2 aromatic rings. The number of hydrogen-bond donors (Lipinski definition) is 3. The number of aliphatic imine (C=N–C) groups is 1. The van der Waals surface area contributed by atoms with Crippen molar-refractivity contribution in [1.29, 1.82) is 0 Å². The van der Waals surface area contributed by atoms with Crippen molar-refractivity contribution in [3.05, 3.63) is 83.7 Å². The van der Waals surface area contributed by atoms with Crippen molar-refractivity contribution in [1.82, 2.24) is 5.32 Å². The maximum Gasteiger partial charge on any atom is 1.00 e. The molecule has 0 aliphatic carbocycles. The summed E-state index contributed by atoms with van der Waals surface area (Å²) in [5, 5.41) is 14.8. The molecule has 0 radical (unpaired) electrons. The summed E-state index contributed by atoms with van der Waals surface area (Å²) in [4.78, 5) is 29.0. The Morgan fingerprint density at radius 3 is 2.74 bits per heavy atom. The van der Waals surface area contributed by atoms with Gasteiger partial charge in [0.25, 0.3) is 5.91 Å². The van der Waals surface area contributed by atoms with Crippen LogP contribution in [-0.4, -0.2) is 53.7 Å². The molecule has 1 aliphatic rings. The van der Waals surface area contributed by atoms with Gasteiger partial charge in [-0.25, -0.2) is 4.79 Å². The number of aliphatic hydroxyl groups is 1. The van der Waals surface area contributed by atoms with E-state index >= 15 is 0 Å². The summed E-state index contributed by atoms with van der Waals surface area (Å²) >= 11 is 0. The molecule has 1 atom stereocenters. The van der Waals surface area contributed by atoms with Gasteiger partial charge in [-0.3, -0.25) is 4.79 Å². The van der Waals surface area contributed by atoms with Crippen LogP contribution in [0.2, 0.25) is 0 Å². The summed E-state index contributed by atoms with van der Waals surface area (Å²) in [6.07, 6.45) is 6.45. The van der Waals surface area contributed by atoms with Gasteiger partial charge in [-0.15, -0.1) is 6.20 Å². The van der Waals surface area contributed by atoms with Crippen molar-refractivity contribution < 1.29 is 75.4 Å². The average Bonchev–Trinajstić information content (AvgIpc) is 2.78. The fraction of sp³-hybridized carbons (Fsp3) is 0.240. The fourth-order valence-corrected chi connectivity index (χ4v) is 3.16. The molecule has 1 aliphatic heterocycles.